The second-order valence-corrected chi connectivity index (χ2v) is 7.83. The minimum Gasteiger partial charge on any atom is -0.454 e. The molecular formula is C22H25N3O6. The van der Waals surface area contributed by atoms with Crippen molar-refractivity contribution in [3.8, 4) is 11.5 Å². The number of carbonyl (C=O) groups excluding carboxylic acids is 3. The van der Waals surface area contributed by atoms with E-state index in [0.717, 1.165) is 0 Å². The second kappa shape index (κ2) is 9.38. The first kappa shape index (κ1) is 21.9. The van der Waals surface area contributed by atoms with Gasteiger partial charge in [-0.3, -0.25) is 9.59 Å². The zero-order valence-corrected chi connectivity index (χ0v) is 17.6. The minimum absolute atomic E-state index is 0.0991. The molecule has 3 N–H and O–H groups in total. The Morgan fingerprint density at radius 2 is 1.58 bits per heavy atom. The predicted molar refractivity (Wildman–Crippen MR) is 114 cm³/mol. The molecule has 2 aromatic rings. The van der Waals surface area contributed by atoms with Crippen LogP contribution in [0.2, 0.25) is 0 Å². The van der Waals surface area contributed by atoms with Crippen LogP contribution in [0.3, 0.4) is 0 Å². The van der Waals surface area contributed by atoms with Gasteiger partial charge in [0.1, 0.15) is 5.60 Å². The third-order valence-electron chi connectivity index (χ3n) is 4.08. The van der Waals surface area contributed by atoms with Crippen LogP contribution >= 0.6 is 0 Å². The van der Waals surface area contributed by atoms with Crippen LogP contribution in [0.4, 0.5) is 16.2 Å². The summed E-state index contributed by atoms with van der Waals surface area (Å²) in [6.07, 6.45) is -0.468. The van der Waals surface area contributed by atoms with Gasteiger partial charge < -0.3 is 30.2 Å². The fourth-order valence-electron chi connectivity index (χ4n) is 2.69. The smallest absolute Gasteiger partial charge is 0.407 e. The molecule has 0 unspecified atom stereocenters. The summed E-state index contributed by atoms with van der Waals surface area (Å²) in [7, 11) is 0. The van der Waals surface area contributed by atoms with Crippen molar-refractivity contribution in [3.05, 3.63) is 48.0 Å². The summed E-state index contributed by atoms with van der Waals surface area (Å²) < 4.78 is 15.6. The number of ether oxygens (including phenoxy) is 3. The Bertz CT molecular complexity index is 966. The maximum absolute atomic E-state index is 12.4. The van der Waals surface area contributed by atoms with E-state index in [-0.39, 0.29) is 31.6 Å². The molecule has 0 aliphatic carbocycles. The number of fused-ring (bicyclic) bond motifs is 1. The average molecular weight is 427 g/mol. The van der Waals surface area contributed by atoms with Gasteiger partial charge in [-0.05, 0) is 63.2 Å². The lowest BCUT2D eigenvalue weighted by molar-refractivity contribution is -0.116. The van der Waals surface area contributed by atoms with Crippen molar-refractivity contribution in [2.24, 2.45) is 0 Å². The van der Waals surface area contributed by atoms with Crippen molar-refractivity contribution in [1.82, 2.24) is 5.32 Å². The molecule has 164 valence electrons. The molecule has 31 heavy (non-hydrogen) atoms. The Kier molecular flexibility index (Phi) is 6.64. The highest BCUT2D eigenvalue weighted by atomic mass is 16.7. The molecule has 0 saturated heterocycles. The van der Waals surface area contributed by atoms with Gasteiger partial charge >= 0.3 is 6.09 Å². The number of hydrogen-bond acceptors (Lipinski definition) is 6. The minimum atomic E-state index is -0.591. The first-order chi connectivity index (χ1) is 14.7. The molecule has 3 amide bonds. The molecule has 0 fully saturated rings. The summed E-state index contributed by atoms with van der Waals surface area (Å²) in [4.78, 5) is 36.0. The largest absolute Gasteiger partial charge is 0.454 e. The molecule has 0 radical (unpaired) electrons. The van der Waals surface area contributed by atoms with Crippen LogP contribution in [-0.4, -0.2) is 36.8 Å². The van der Waals surface area contributed by atoms with Crippen molar-refractivity contribution >= 4 is 29.3 Å². The van der Waals surface area contributed by atoms with Gasteiger partial charge in [-0.1, -0.05) is 0 Å². The molecular weight excluding hydrogens is 402 g/mol. The van der Waals surface area contributed by atoms with E-state index < -0.39 is 11.7 Å². The van der Waals surface area contributed by atoms with Crippen LogP contribution in [0.5, 0.6) is 11.5 Å². The molecule has 1 aliphatic rings. The van der Waals surface area contributed by atoms with Gasteiger partial charge in [0, 0.05) is 29.9 Å². The number of carbonyl (C=O) groups is 3. The quantitative estimate of drug-likeness (QED) is 0.650. The molecule has 0 saturated carbocycles. The van der Waals surface area contributed by atoms with Crippen molar-refractivity contribution < 1.29 is 28.6 Å². The molecule has 0 bridgehead atoms. The van der Waals surface area contributed by atoms with Crippen molar-refractivity contribution in [3.63, 3.8) is 0 Å². The predicted octanol–water partition coefficient (Wildman–Crippen LogP) is 3.52. The summed E-state index contributed by atoms with van der Waals surface area (Å²) in [5.41, 5.74) is 1.00. The number of amides is 3. The van der Waals surface area contributed by atoms with E-state index in [4.69, 9.17) is 14.2 Å². The molecule has 9 nitrogen and oxygen atoms in total. The zero-order valence-electron chi connectivity index (χ0n) is 17.6. The fraction of sp³-hybridized carbons (Fsp3) is 0.318. The third-order valence-corrected chi connectivity index (χ3v) is 4.08. The van der Waals surface area contributed by atoms with E-state index >= 15 is 0 Å². The highest BCUT2D eigenvalue weighted by Crippen LogP contribution is 2.32. The normalized spacial score (nSPS) is 12.1. The lowest BCUT2D eigenvalue weighted by atomic mass is 10.2. The summed E-state index contributed by atoms with van der Waals surface area (Å²) in [6, 6.07) is 11.7. The Balaban J connectivity index is 1.45. The van der Waals surface area contributed by atoms with Crippen molar-refractivity contribution in [2.75, 3.05) is 24.0 Å². The van der Waals surface area contributed by atoms with Gasteiger partial charge in [0.15, 0.2) is 11.5 Å². The fourth-order valence-corrected chi connectivity index (χ4v) is 2.69. The van der Waals surface area contributed by atoms with E-state index in [1.54, 1.807) is 63.2 Å². The van der Waals surface area contributed by atoms with Crippen LogP contribution < -0.4 is 25.4 Å². The van der Waals surface area contributed by atoms with Gasteiger partial charge in [0.2, 0.25) is 12.7 Å². The standard InChI is InChI=1S/C22H25N3O6/c1-22(2,3)31-21(28)23-11-10-19(26)24-15-5-7-16(8-6-15)25-20(27)14-4-9-17-18(12-14)30-13-29-17/h4-9,12H,10-11,13H2,1-3H3,(H,23,28)(H,24,26)(H,25,27). The van der Waals surface area contributed by atoms with Crippen LogP contribution in [0.15, 0.2) is 42.5 Å². The van der Waals surface area contributed by atoms with E-state index in [1.807, 2.05) is 0 Å². The molecule has 1 heterocycles. The highest BCUT2D eigenvalue weighted by molar-refractivity contribution is 6.04. The lowest BCUT2D eigenvalue weighted by Crippen LogP contribution is -2.34. The topological polar surface area (TPSA) is 115 Å². The first-order valence-corrected chi connectivity index (χ1v) is 9.77. The number of nitrogens with one attached hydrogen (secondary N) is 3. The number of anilines is 2. The molecule has 3 rings (SSSR count). The summed E-state index contributed by atoms with van der Waals surface area (Å²) >= 11 is 0. The van der Waals surface area contributed by atoms with Gasteiger partial charge in [0.25, 0.3) is 5.91 Å². The Labute approximate surface area is 180 Å². The number of hydrogen-bond donors (Lipinski definition) is 3. The summed E-state index contributed by atoms with van der Waals surface area (Å²) in [5, 5.41) is 8.05. The van der Waals surface area contributed by atoms with Gasteiger partial charge in [-0.25, -0.2) is 4.79 Å². The molecule has 0 aromatic heterocycles. The SMILES string of the molecule is CC(C)(C)OC(=O)NCCC(=O)Nc1ccc(NC(=O)c2ccc3c(c2)OCO3)cc1. The third kappa shape index (κ3) is 6.63. The Morgan fingerprint density at radius 3 is 2.26 bits per heavy atom. The van der Waals surface area contributed by atoms with Crippen LogP contribution in [0, 0.1) is 0 Å². The number of rotatable bonds is 6. The van der Waals surface area contributed by atoms with Crippen LogP contribution in [0.25, 0.3) is 0 Å². The van der Waals surface area contributed by atoms with E-state index in [1.165, 1.54) is 0 Å². The van der Waals surface area contributed by atoms with E-state index in [2.05, 4.69) is 16.0 Å². The van der Waals surface area contributed by atoms with Crippen LogP contribution in [0.1, 0.15) is 37.6 Å². The average Bonchev–Trinajstić information content (AvgIpc) is 3.16. The molecule has 0 spiro atoms. The van der Waals surface area contributed by atoms with E-state index in [0.29, 0.717) is 28.4 Å². The monoisotopic (exact) mass is 427 g/mol. The summed E-state index contributed by atoms with van der Waals surface area (Å²) in [5.74, 6) is 0.598. The van der Waals surface area contributed by atoms with Gasteiger partial charge in [0.05, 0.1) is 0 Å². The van der Waals surface area contributed by atoms with Gasteiger partial charge in [-0.2, -0.15) is 0 Å². The van der Waals surface area contributed by atoms with Crippen molar-refractivity contribution in [2.45, 2.75) is 32.8 Å². The molecule has 1 aliphatic heterocycles. The maximum Gasteiger partial charge on any atom is 0.407 e. The second-order valence-electron chi connectivity index (χ2n) is 7.83. The van der Waals surface area contributed by atoms with E-state index in [9.17, 15) is 14.4 Å². The number of alkyl carbamates (subject to hydrolysis) is 1. The zero-order chi connectivity index (χ0) is 22.4. The van der Waals surface area contributed by atoms with Crippen molar-refractivity contribution in [1.29, 1.82) is 0 Å². The maximum atomic E-state index is 12.4. The summed E-state index contributed by atoms with van der Waals surface area (Å²) in [6.45, 7) is 5.59. The lowest BCUT2D eigenvalue weighted by Gasteiger charge is -2.19. The van der Waals surface area contributed by atoms with Gasteiger partial charge in [-0.15, -0.1) is 0 Å². The Morgan fingerprint density at radius 1 is 0.935 bits per heavy atom. The number of benzene rings is 2. The molecule has 2 aromatic carbocycles. The molecule has 0 atom stereocenters. The van der Waals surface area contributed by atoms with Crippen LogP contribution in [-0.2, 0) is 9.53 Å². The Hall–Kier alpha value is -3.75. The first-order valence-electron chi connectivity index (χ1n) is 9.77. The molecule has 9 heteroatoms. The highest BCUT2D eigenvalue weighted by Gasteiger charge is 2.17.